The van der Waals surface area contributed by atoms with Crippen molar-refractivity contribution < 1.29 is 9.53 Å². The van der Waals surface area contributed by atoms with Gasteiger partial charge in [0.1, 0.15) is 6.10 Å². The molecule has 2 rings (SSSR count). The first-order chi connectivity index (χ1) is 4.36. The summed E-state index contributed by atoms with van der Waals surface area (Å²) in [5.74, 6) is 0.171. The molecular weight excluding hydrogens is 116 g/mol. The first-order valence-corrected chi connectivity index (χ1v) is 3.23. The second-order valence-corrected chi connectivity index (χ2v) is 2.57. The van der Waals surface area contributed by atoms with Gasteiger partial charge in [0, 0.05) is 6.42 Å². The molecule has 0 amide bonds. The van der Waals surface area contributed by atoms with Crippen LogP contribution >= 0.6 is 0 Å². The van der Waals surface area contributed by atoms with Crippen molar-refractivity contribution in [1.29, 1.82) is 0 Å². The molecule has 1 aliphatic heterocycles. The van der Waals surface area contributed by atoms with Gasteiger partial charge < -0.3 is 4.74 Å². The minimum absolute atomic E-state index is 0.00926. The highest BCUT2D eigenvalue weighted by atomic mass is 16.5. The normalized spacial score (nSPS) is 38.9. The Morgan fingerprint density at radius 2 is 2.56 bits per heavy atom. The molecule has 2 atom stereocenters. The molecule has 1 aliphatic carbocycles. The van der Waals surface area contributed by atoms with E-state index in [0.29, 0.717) is 0 Å². The molecule has 9 heavy (non-hydrogen) atoms. The first kappa shape index (κ1) is 5.03. The van der Waals surface area contributed by atoms with Crippen LogP contribution < -0.4 is 0 Å². The average Bonchev–Trinajstić information content (AvgIpc) is 2.09. The van der Waals surface area contributed by atoms with Gasteiger partial charge >= 0.3 is 5.97 Å². The Labute approximate surface area is 53.5 Å². The minimum atomic E-state index is -0.00926. The molecule has 2 heteroatoms. The van der Waals surface area contributed by atoms with Crippen molar-refractivity contribution >= 4 is 5.97 Å². The summed E-state index contributed by atoms with van der Waals surface area (Å²) in [5.41, 5.74) is 0. The number of hydrogen-bond acceptors (Lipinski definition) is 2. The third-order valence-electron chi connectivity index (χ3n) is 1.89. The van der Waals surface area contributed by atoms with Gasteiger partial charge in [-0.3, -0.25) is 4.79 Å². The number of ether oxygens (including phenoxy) is 1. The Balaban J connectivity index is 2.26. The van der Waals surface area contributed by atoms with Crippen LogP contribution in [0.15, 0.2) is 12.2 Å². The molecule has 48 valence electrons. The van der Waals surface area contributed by atoms with E-state index >= 15 is 0 Å². The van der Waals surface area contributed by atoms with E-state index in [9.17, 15) is 4.79 Å². The van der Waals surface area contributed by atoms with Crippen LogP contribution in [0.2, 0.25) is 0 Å². The van der Waals surface area contributed by atoms with Crippen LogP contribution in [0.4, 0.5) is 0 Å². The number of fused-ring (bicyclic) bond motifs is 2. The maximum absolute atomic E-state index is 10.8. The van der Waals surface area contributed by atoms with Crippen molar-refractivity contribution in [2.24, 2.45) is 5.92 Å². The summed E-state index contributed by atoms with van der Waals surface area (Å²) >= 11 is 0. The molecule has 2 aliphatic rings. The molecule has 0 aromatic rings. The van der Waals surface area contributed by atoms with Gasteiger partial charge in [0.25, 0.3) is 0 Å². The van der Waals surface area contributed by atoms with Gasteiger partial charge in [0.15, 0.2) is 0 Å². The van der Waals surface area contributed by atoms with E-state index in [0.717, 1.165) is 12.8 Å². The zero-order valence-electron chi connectivity index (χ0n) is 5.04. The third kappa shape index (κ3) is 0.661. The highest BCUT2D eigenvalue weighted by molar-refractivity contribution is 5.75. The summed E-state index contributed by atoms with van der Waals surface area (Å²) in [4.78, 5) is 10.8. The molecule has 2 bridgehead atoms. The fourth-order valence-corrected chi connectivity index (χ4v) is 1.38. The topological polar surface area (TPSA) is 26.3 Å². The molecule has 2 nitrogen and oxygen atoms in total. The highest BCUT2D eigenvalue weighted by Gasteiger charge is 2.34. The standard InChI is InChI=1S/C7H8O2/c8-7-5-2-1-3-6(4-5)9-7/h1,3,5-6H,2,4H2/t5-,6+/m1/s1. The summed E-state index contributed by atoms with van der Waals surface area (Å²) < 4.78 is 4.96. The van der Waals surface area contributed by atoms with Gasteiger partial charge in [-0.2, -0.15) is 0 Å². The van der Waals surface area contributed by atoms with E-state index in [1.54, 1.807) is 0 Å². The molecule has 1 fully saturated rings. The number of allylic oxidation sites excluding steroid dienone is 1. The third-order valence-corrected chi connectivity index (χ3v) is 1.89. The Morgan fingerprint density at radius 3 is 3.22 bits per heavy atom. The van der Waals surface area contributed by atoms with Crippen LogP contribution in [-0.4, -0.2) is 12.1 Å². The number of esters is 1. The Morgan fingerprint density at radius 1 is 1.67 bits per heavy atom. The summed E-state index contributed by atoms with van der Waals surface area (Å²) in [6.45, 7) is 0. The summed E-state index contributed by atoms with van der Waals surface area (Å²) in [6.07, 6.45) is 5.91. The van der Waals surface area contributed by atoms with E-state index in [4.69, 9.17) is 4.74 Å². The maximum Gasteiger partial charge on any atom is 0.309 e. The van der Waals surface area contributed by atoms with E-state index in [2.05, 4.69) is 0 Å². The fourth-order valence-electron chi connectivity index (χ4n) is 1.38. The second-order valence-electron chi connectivity index (χ2n) is 2.57. The Kier molecular flexibility index (Phi) is 0.891. The SMILES string of the molecule is O=C1O[C@H]2C=CC[C@@H]1C2. The Bertz CT molecular complexity index is 172. The van der Waals surface area contributed by atoms with Crippen LogP contribution in [-0.2, 0) is 9.53 Å². The zero-order valence-corrected chi connectivity index (χ0v) is 5.04. The molecule has 0 aromatic heterocycles. The smallest absolute Gasteiger partial charge is 0.309 e. The van der Waals surface area contributed by atoms with Crippen LogP contribution in [0.25, 0.3) is 0 Å². The van der Waals surface area contributed by atoms with Crippen molar-refractivity contribution in [3.63, 3.8) is 0 Å². The summed E-state index contributed by atoms with van der Waals surface area (Å²) in [6, 6.07) is 0. The van der Waals surface area contributed by atoms with E-state index in [1.807, 2.05) is 12.2 Å². The van der Waals surface area contributed by atoms with Crippen LogP contribution in [0, 0.1) is 5.92 Å². The van der Waals surface area contributed by atoms with Crippen molar-refractivity contribution in [2.75, 3.05) is 0 Å². The van der Waals surface area contributed by atoms with Crippen molar-refractivity contribution in [2.45, 2.75) is 18.9 Å². The van der Waals surface area contributed by atoms with Crippen LogP contribution in [0.3, 0.4) is 0 Å². The molecule has 0 unspecified atom stereocenters. The van der Waals surface area contributed by atoms with Crippen molar-refractivity contribution in [1.82, 2.24) is 0 Å². The quantitative estimate of drug-likeness (QED) is 0.354. The molecule has 0 aromatic carbocycles. The van der Waals surface area contributed by atoms with Crippen molar-refractivity contribution in [3.8, 4) is 0 Å². The largest absolute Gasteiger partial charge is 0.458 e. The van der Waals surface area contributed by atoms with Crippen molar-refractivity contribution in [3.05, 3.63) is 12.2 Å². The highest BCUT2D eigenvalue weighted by Crippen LogP contribution is 2.29. The molecule has 0 N–H and O–H groups in total. The molecular formula is C7H8O2. The fraction of sp³-hybridized carbons (Fsp3) is 0.571. The monoisotopic (exact) mass is 124 g/mol. The number of rotatable bonds is 0. The van der Waals surface area contributed by atoms with Gasteiger partial charge in [0.2, 0.25) is 0 Å². The molecule has 0 saturated carbocycles. The lowest BCUT2D eigenvalue weighted by atomic mass is 9.96. The lowest BCUT2D eigenvalue weighted by Gasteiger charge is -2.04. The molecule has 1 heterocycles. The minimum Gasteiger partial charge on any atom is -0.458 e. The van der Waals surface area contributed by atoms with Gasteiger partial charge in [-0.1, -0.05) is 6.08 Å². The second kappa shape index (κ2) is 1.59. The van der Waals surface area contributed by atoms with E-state index in [1.165, 1.54) is 0 Å². The lowest BCUT2D eigenvalue weighted by Crippen LogP contribution is -2.05. The van der Waals surface area contributed by atoms with Gasteiger partial charge in [-0.15, -0.1) is 0 Å². The number of carbonyl (C=O) groups excluding carboxylic acids is 1. The average molecular weight is 124 g/mol. The Hall–Kier alpha value is -0.790. The number of hydrogen-bond donors (Lipinski definition) is 0. The summed E-state index contributed by atoms with van der Waals surface area (Å²) in [5, 5.41) is 0. The predicted molar refractivity (Wildman–Crippen MR) is 31.7 cm³/mol. The zero-order chi connectivity index (χ0) is 6.27. The first-order valence-electron chi connectivity index (χ1n) is 3.23. The summed E-state index contributed by atoms with van der Waals surface area (Å²) in [7, 11) is 0. The van der Waals surface area contributed by atoms with E-state index < -0.39 is 0 Å². The van der Waals surface area contributed by atoms with Crippen LogP contribution in [0.5, 0.6) is 0 Å². The maximum atomic E-state index is 10.8. The van der Waals surface area contributed by atoms with Gasteiger partial charge in [-0.25, -0.2) is 0 Å². The molecule has 0 spiro atoms. The van der Waals surface area contributed by atoms with E-state index in [-0.39, 0.29) is 18.0 Å². The molecule has 0 radical (unpaired) electrons. The lowest BCUT2D eigenvalue weighted by molar-refractivity contribution is -0.142. The number of carbonyl (C=O) groups is 1. The van der Waals surface area contributed by atoms with Crippen LogP contribution in [0.1, 0.15) is 12.8 Å². The molecule has 1 saturated heterocycles. The van der Waals surface area contributed by atoms with Gasteiger partial charge in [0.05, 0.1) is 5.92 Å². The van der Waals surface area contributed by atoms with Gasteiger partial charge in [-0.05, 0) is 12.5 Å². The predicted octanol–water partition coefficient (Wildman–Crippen LogP) is 0.878.